The topological polar surface area (TPSA) is 59.2 Å². The molecule has 0 amide bonds. The fourth-order valence-corrected chi connectivity index (χ4v) is 2.34. The number of unbranched alkanes of at least 4 members (excludes halogenated alkanes) is 1. The fourth-order valence-electron chi connectivity index (χ4n) is 2.34. The standard InChI is InChI=1S/C16H19NO3/c1-2-3-6-13(20-11-18)9-12-10-17-15-8-5-4-7-14(15)16(12)19/h4-5,7-8,10-11,13H,2-3,6,9H2,1H3,(H,17,19). The summed E-state index contributed by atoms with van der Waals surface area (Å²) in [7, 11) is 0. The summed E-state index contributed by atoms with van der Waals surface area (Å²) in [5.41, 5.74) is 1.49. The van der Waals surface area contributed by atoms with E-state index in [0.717, 1.165) is 24.8 Å². The smallest absolute Gasteiger partial charge is 0.293 e. The quantitative estimate of drug-likeness (QED) is 0.789. The van der Waals surface area contributed by atoms with E-state index in [0.29, 0.717) is 23.8 Å². The molecule has 0 saturated carbocycles. The zero-order valence-electron chi connectivity index (χ0n) is 11.6. The molecule has 0 aliphatic rings. The van der Waals surface area contributed by atoms with Crippen molar-refractivity contribution in [3.8, 4) is 0 Å². The average molecular weight is 273 g/mol. The van der Waals surface area contributed by atoms with E-state index in [1.165, 1.54) is 0 Å². The number of benzene rings is 1. The molecule has 1 unspecified atom stereocenters. The van der Waals surface area contributed by atoms with E-state index >= 15 is 0 Å². The third-order valence-electron chi connectivity index (χ3n) is 3.44. The van der Waals surface area contributed by atoms with Crippen molar-refractivity contribution in [2.45, 2.75) is 38.7 Å². The molecule has 1 atom stereocenters. The molecule has 2 aromatic rings. The number of rotatable bonds is 7. The molecule has 0 bridgehead atoms. The van der Waals surface area contributed by atoms with Crippen molar-refractivity contribution in [1.29, 1.82) is 0 Å². The first-order chi connectivity index (χ1) is 9.76. The van der Waals surface area contributed by atoms with Gasteiger partial charge in [-0.05, 0) is 18.6 Å². The van der Waals surface area contributed by atoms with Crippen molar-refractivity contribution in [1.82, 2.24) is 4.98 Å². The van der Waals surface area contributed by atoms with Gasteiger partial charge < -0.3 is 9.72 Å². The molecule has 4 nitrogen and oxygen atoms in total. The number of pyridine rings is 1. The van der Waals surface area contributed by atoms with Crippen LogP contribution < -0.4 is 5.43 Å². The van der Waals surface area contributed by atoms with E-state index in [4.69, 9.17) is 4.74 Å². The van der Waals surface area contributed by atoms with Gasteiger partial charge in [-0.1, -0.05) is 31.9 Å². The Labute approximate surface area is 117 Å². The molecule has 0 aliphatic carbocycles. The summed E-state index contributed by atoms with van der Waals surface area (Å²) in [6, 6.07) is 7.41. The zero-order valence-corrected chi connectivity index (χ0v) is 11.6. The molecule has 106 valence electrons. The van der Waals surface area contributed by atoms with Gasteiger partial charge in [0.25, 0.3) is 6.47 Å². The maximum absolute atomic E-state index is 12.4. The Morgan fingerprint density at radius 3 is 2.90 bits per heavy atom. The highest BCUT2D eigenvalue weighted by atomic mass is 16.5. The van der Waals surface area contributed by atoms with Crippen LogP contribution >= 0.6 is 0 Å². The second kappa shape index (κ2) is 6.89. The lowest BCUT2D eigenvalue weighted by atomic mass is 10.0. The lowest BCUT2D eigenvalue weighted by Crippen LogP contribution is -2.21. The van der Waals surface area contributed by atoms with Crippen LogP contribution in [0.1, 0.15) is 31.7 Å². The van der Waals surface area contributed by atoms with E-state index in [1.807, 2.05) is 18.2 Å². The Balaban J connectivity index is 2.25. The number of para-hydroxylation sites is 1. The van der Waals surface area contributed by atoms with Crippen LogP contribution in [0, 0.1) is 0 Å². The summed E-state index contributed by atoms with van der Waals surface area (Å²) >= 11 is 0. The number of hydrogen-bond acceptors (Lipinski definition) is 3. The van der Waals surface area contributed by atoms with Gasteiger partial charge in [0.15, 0.2) is 5.43 Å². The van der Waals surface area contributed by atoms with E-state index in [-0.39, 0.29) is 11.5 Å². The lowest BCUT2D eigenvalue weighted by molar-refractivity contribution is -0.133. The largest absolute Gasteiger partial charge is 0.464 e. The van der Waals surface area contributed by atoms with Gasteiger partial charge in [-0.2, -0.15) is 0 Å². The number of ether oxygens (including phenoxy) is 1. The molecule has 2 rings (SSSR count). The Morgan fingerprint density at radius 2 is 2.15 bits per heavy atom. The van der Waals surface area contributed by atoms with Crippen molar-refractivity contribution in [3.05, 3.63) is 46.2 Å². The Kier molecular flexibility index (Phi) is 4.93. The molecule has 1 N–H and O–H groups in total. The number of nitrogens with one attached hydrogen (secondary N) is 1. The average Bonchev–Trinajstić information content (AvgIpc) is 2.48. The number of carbonyl (C=O) groups is 1. The van der Waals surface area contributed by atoms with Crippen molar-refractivity contribution in [2.75, 3.05) is 0 Å². The van der Waals surface area contributed by atoms with Crippen LogP contribution in [-0.4, -0.2) is 17.6 Å². The molecule has 0 fully saturated rings. The van der Waals surface area contributed by atoms with E-state index in [2.05, 4.69) is 11.9 Å². The summed E-state index contributed by atoms with van der Waals surface area (Å²) < 4.78 is 5.08. The minimum absolute atomic E-state index is 0.00958. The van der Waals surface area contributed by atoms with Gasteiger partial charge in [-0.3, -0.25) is 9.59 Å². The lowest BCUT2D eigenvalue weighted by Gasteiger charge is -2.14. The maximum Gasteiger partial charge on any atom is 0.293 e. The van der Waals surface area contributed by atoms with Gasteiger partial charge >= 0.3 is 0 Å². The molecule has 1 aromatic carbocycles. The number of fused-ring (bicyclic) bond motifs is 1. The normalized spacial score (nSPS) is 12.2. The van der Waals surface area contributed by atoms with E-state index < -0.39 is 0 Å². The van der Waals surface area contributed by atoms with Crippen molar-refractivity contribution in [2.24, 2.45) is 0 Å². The number of H-pyrrole nitrogens is 1. The highest BCUT2D eigenvalue weighted by Gasteiger charge is 2.13. The highest BCUT2D eigenvalue weighted by Crippen LogP contribution is 2.12. The SMILES string of the molecule is CCCCC(Cc1c[nH]c2ccccc2c1=O)OC=O. The summed E-state index contributed by atoms with van der Waals surface area (Å²) in [6.07, 6.45) is 4.74. The maximum atomic E-state index is 12.4. The summed E-state index contributed by atoms with van der Waals surface area (Å²) in [5, 5.41) is 0.672. The predicted molar refractivity (Wildman–Crippen MR) is 78.7 cm³/mol. The first-order valence-electron chi connectivity index (χ1n) is 6.94. The van der Waals surface area contributed by atoms with Crippen LogP contribution in [0.15, 0.2) is 35.3 Å². The minimum atomic E-state index is -0.227. The predicted octanol–water partition coefficient (Wildman–Crippen LogP) is 2.80. The van der Waals surface area contributed by atoms with Gasteiger partial charge in [0, 0.05) is 29.1 Å². The first-order valence-corrected chi connectivity index (χ1v) is 6.94. The van der Waals surface area contributed by atoms with Crippen LogP contribution in [0.2, 0.25) is 0 Å². The minimum Gasteiger partial charge on any atom is -0.464 e. The monoisotopic (exact) mass is 273 g/mol. The van der Waals surface area contributed by atoms with Crippen LogP contribution in [0.3, 0.4) is 0 Å². The van der Waals surface area contributed by atoms with Crippen molar-refractivity contribution < 1.29 is 9.53 Å². The molecule has 1 aromatic heterocycles. The molecular weight excluding hydrogens is 254 g/mol. The van der Waals surface area contributed by atoms with Gasteiger partial charge in [-0.15, -0.1) is 0 Å². The Bertz CT molecular complexity index is 633. The Hall–Kier alpha value is -2.10. The third-order valence-corrected chi connectivity index (χ3v) is 3.44. The molecule has 20 heavy (non-hydrogen) atoms. The molecule has 4 heteroatoms. The Morgan fingerprint density at radius 1 is 1.35 bits per heavy atom. The van der Waals surface area contributed by atoms with Crippen LogP contribution in [0.4, 0.5) is 0 Å². The summed E-state index contributed by atoms with van der Waals surface area (Å²) in [4.78, 5) is 26.1. The van der Waals surface area contributed by atoms with Gasteiger partial charge in [0.05, 0.1) is 0 Å². The van der Waals surface area contributed by atoms with Gasteiger partial charge in [0.2, 0.25) is 0 Å². The number of hydrogen-bond donors (Lipinski definition) is 1. The summed E-state index contributed by atoms with van der Waals surface area (Å²) in [5.74, 6) is 0. The molecule has 0 radical (unpaired) electrons. The van der Waals surface area contributed by atoms with Crippen LogP contribution in [0.25, 0.3) is 10.9 Å². The summed E-state index contributed by atoms with van der Waals surface area (Å²) in [6.45, 7) is 2.55. The number of carbonyl (C=O) groups excluding carboxylic acids is 1. The van der Waals surface area contributed by atoms with E-state index in [9.17, 15) is 9.59 Å². The van der Waals surface area contributed by atoms with Crippen molar-refractivity contribution in [3.63, 3.8) is 0 Å². The van der Waals surface area contributed by atoms with Crippen molar-refractivity contribution >= 4 is 17.4 Å². The second-order valence-corrected chi connectivity index (χ2v) is 4.89. The molecule has 0 saturated heterocycles. The number of aromatic nitrogens is 1. The molecule has 0 spiro atoms. The molecule has 1 heterocycles. The molecular formula is C16H19NO3. The zero-order chi connectivity index (χ0) is 14.4. The first kappa shape index (κ1) is 14.3. The third kappa shape index (κ3) is 3.26. The van der Waals surface area contributed by atoms with Crippen LogP contribution in [-0.2, 0) is 16.0 Å². The number of aromatic amines is 1. The second-order valence-electron chi connectivity index (χ2n) is 4.89. The highest BCUT2D eigenvalue weighted by molar-refractivity contribution is 5.78. The van der Waals surface area contributed by atoms with Gasteiger partial charge in [0.1, 0.15) is 6.10 Å². The van der Waals surface area contributed by atoms with Gasteiger partial charge in [-0.25, -0.2) is 0 Å². The van der Waals surface area contributed by atoms with Crippen LogP contribution in [0.5, 0.6) is 0 Å². The fraction of sp³-hybridized carbons (Fsp3) is 0.375. The van der Waals surface area contributed by atoms with E-state index in [1.54, 1.807) is 12.3 Å². The molecule has 0 aliphatic heterocycles.